The lowest BCUT2D eigenvalue weighted by Gasteiger charge is -2.17. The minimum atomic E-state index is 1.16. The largest absolute Gasteiger partial charge is 0.309 e. The average Bonchev–Trinajstić information content (AvgIpc) is 1.19. The summed E-state index contributed by atoms with van der Waals surface area (Å²) in [4.78, 5) is 0. The summed E-state index contributed by atoms with van der Waals surface area (Å²) in [6, 6.07) is 152. The zero-order valence-electron chi connectivity index (χ0n) is 62.0. The molecular weight excluding hydrogens is 1380 g/mol. The third-order valence-electron chi connectivity index (χ3n) is 24.5. The molecule has 0 N–H and O–H groups in total. The summed E-state index contributed by atoms with van der Waals surface area (Å²) in [6.07, 6.45) is 0. The highest BCUT2D eigenvalue weighted by Gasteiger charge is 2.26. The van der Waals surface area contributed by atoms with Crippen molar-refractivity contribution < 1.29 is 0 Å². The molecule has 0 atom stereocenters. The highest BCUT2D eigenvalue weighted by atomic mass is 15.0. The van der Waals surface area contributed by atoms with Gasteiger partial charge in [-0.15, -0.1) is 0 Å². The maximum atomic E-state index is 2.50. The minimum Gasteiger partial charge on any atom is -0.309 e. The second-order valence-electron chi connectivity index (χ2n) is 30.5. The van der Waals surface area contributed by atoms with Crippen LogP contribution in [-0.4, -0.2) is 18.3 Å². The van der Waals surface area contributed by atoms with Crippen LogP contribution in [0.1, 0.15) is 0 Å². The van der Waals surface area contributed by atoms with Crippen LogP contribution in [0.5, 0.6) is 0 Å². The first kappa shape index (κ1) is 63.8. The van der Waals surface area contributed by atoms with E-state index < -0.39 is 0 Å². The van der Waals surface area contributed by atoms with Gasteiger partial charge in [0.1, 0.15) is 0 Å². The minimum absolute atomic E-state index is 1.16. The number of para-hydroxylation sites is 4. The first-order valence-corrected chi connectivity index (χ1v) is 39.5. The van der Waals surface area contributed by atoms with Crippen molar-refractivity contribution in [3.05, 3.63) is 413 Å². The summed E-state index contributed by atoms with van der Waals surface area (Å²) in [5, 5.41) is 22.9. The molecule has 0 aliphatic heterocycles. The second kappa shape index (κ2) is 25.2. The van der Waals surface area contributed by atoms with Gasteiger partial charge in [0, 0.05) is 65.2 Å². The normalized spacial score (nSPS) is 12.0. The molecule has 0 spiro atoms. The number of nitrogens with zero attached hydrogens (tertiary/aromatic N) is 4. The van der Waals surface area contributed by atoms with Gasteiger partial charge in [-0.3, -0.25) is 0 Å². The molecular formula is C110H68N4. The molecule has 0 unspecified atom stereocenters. The summed E-state index contributed by atoms with van der Waals surface area (Å²) in [5.74, 6) is 0. The Hall–Kier alpha value is -15.1. The third-order valence-corrected chi connectivity index (χ3v) is 24.5. The molecule has 24 aromatic rings. The second-order valence-corrected chi connectivity index (χ2v) is 30.5. The van der Waals surface area contributed by atoms with E-state index in [2.05, 4.69) is 431 Å². The molecule has 0 saturated heterocycles. The molecule has 20 aromatic carbocycles. The Bertz CT molecular complexity index is 8120. The van der Waals surface area contributed by atoms with Crippen molar-refractivity contribution in [2.45, 2.75) is 0 Å². The zero-order valence-corrected chi connectivity index (χ0v) is 62.0. The van der Waals surface area contributed by atoms with E-state index in [0.29, 0.717) is 0 Å². The molecule has 4 nitrogen and oxygen atoms in total. The fourth-order valence-electron chi connectivity index (χ4n) is 19.5. The van der Waals surface area contributed by atoms with Crippen molar-refractivity contribution >= 4 is 141 Å². The number of benzene rings is 20. The van der Waals surface area contributed by atoms with Crippen LogP contribution in [0.25, 0.3) is 231 Å². The highest BCUT2D eigenvalue weighted by molar-refractivity contribution is 6.33. The Morgan fingerprint density at radius 3 is 0.956 bits per heavy atom. The lowest BCUT2D eigenvalue weighted by molar-refractivity contribution is 1.18. The Kier molecular flexibility index (Phi) is 14.1. The van der Waals surface area contributed by atoms with Gasteiger partial charge in [-0.1, -0.05) is 303 Å². The molecule has 4 heteroatoms. The number of hydrogen-bond donors (Lipinski definition) is 0. The smallest absolute Gasteiger partial charge is 0.0547 e. The summed E-state index contributed by atoms with van der Waals surface area (Å²) < 4.78 is 9.79. The van der Waals surface area contributed by atoms with Gasteiger partial charge in [0.2, 0.25) is 0 Å². The van der Waals surface area contributed by atoms with E-state index in [4.69, 9.17) is 0 Å². The highest BCUT2D eigenvalue weighted by Crippen LogP contribution is 2.51. The van der Waals surface area contributed by atoms with Gasteiger partial charge < -0.3 is 18.3 Å². The van der Waals surface area contributed by atoms with E-state index in [0.717, 1.165) is 11.4 Å². The molecule has 0 fully saturated rings. The first-order chi connectivity index (χ1) is 56.6. The molecule has 0 radical (unpaired) electrons. The third kappa shape index (κ3) is 9.65. The Morgan fingerprint density at radius 2 is 0.439 bits per heavy atom. The van der Waals surface area contributed by atoms with Crippen molar-refractivity contribution in [2.24, 2.45) is 0 Å². The average molecular weight is 1450 g/mol. The van der Waals surface area contributed by atoms with Gasteiger partial charge in [-0.05, 0) is 219 Å². The van der Waals surface area contributed by atoms with E-state index in [1.165, 1.54) is 219 Å². The summed E-state index contributed by atoms with van der Waals surface area (Å²) in [7, 11) is 0. The fraction of sp³-hybridized carbons (Fsp3) is 0. The molecule has 0 saturated carbocycles. The van der Waals surface area contributed by atoms with E-state index in [1.54, 1.807) is 0 Å². The predicted molar refractivity (Wildman–Crippen MR) is 484 cm³/mol. The first-order valence-electron chi connectivity index (χ1n) is 39.5. The number of fused-ring (bicyclic) bond motifs is 23. The van der Waals surface area contributed by atoms with Crippen molar-refractivity contribution in [3.63, 3.8) is 0 Å². The van der Waals surface area contributed by atoms with E-state index in [9.17, 15) is 0 Å². The fourth-order valence-corrected chi connectivity index (χ4v) is 19.5. The molecule has 25 rings (SSSR count). The SMILES string of the molecule is c1ccc(-c2ccc(-n3c4ccccc4c4cc(-c5ccc6c(c5)c5ccccc5n6-c5cc6c7ccccc7c7ccccc7c6c6ccccc56)ccc43)cc2)cc1.c1ccc(-c2cccc(-n3c4ccccc4c4cc(-c5ccc6c(c5)c5ccccc5n6-c5ccc6c7c(cccc57)-c5ccccc5-6)ccc43)c2)cc1. The van der Waals surface area contributed by atoms with Crippen LogP contribution in [0.3, 0.4) is 0 Å². The molecule has 4 heterocycles. The van der Waals surface area contributed by atoms with Gasteiger partial charge >= 0.3 is 0 Å². The molecule has 0 amide bonds. The summed E-state index contributed by atoms with van der Waals surface area (Å²) >= 11 is 0. The lowest BCUT2D eigenvalue weighted by atomic mass is 9.90. The molecule has 1 aliphatic rings. The van der Waals surface area contributed by atoms with Crippen LogP contribution in [0.2, 0.25) is 0 Å². The standard InChI is InChI=1S/C58H36N2.C52H32N2/c1-2-14-37(15-3-1)38-26-30-41(31-27-38)59-53-24-12-10-20-46(53)50-34-39(28-32-55(50)59)40-29-33-56-51(35-40)47-21-11-13-25-54(47)60(56)57-36-52-44-18-5-4-16-42(44)43-17-6-8-22-48(43)58(52)49-23-9-7-19-45(49)57;1-2-12-33(13-3-1)34-14-10-15-37(30-34)53-47-22-8-6-18-40(47)45-31-35(24-27-50(45)53)36-25-28-51-46(32-36)41-19-7-9-23-48(41)54(51)49-29-26-43-39-17-5-4-16-38(39)42-20-11-21-44(49)52(42)43/h1-36H;1-32H. The van der Waals surface area contributed by atoms with Gasteiger partial charge in [-0.25, -0.2) is 0 Å². The summed E-state index contributed by atoms with van der Waals surface area (Å²) in [6.45, 7) is 0. The topological polar surface area (TPSA) is 19.7 Å². The molecule has 0 bridgehead atoms. The number of hydrogen-bond acceptors (Lipinski definition) is 0. The Labute approximate surface area is 657 Å². The summed E-state index contributed by atoms with van der Waals surface area (Å²) in [5.41, 5.74) is 29.4. The van der Waals surface area contributed by atoms with Crippen molar-refractivity contribution in [3.8, 4) is 89.5 Å². The van der Waals surface area contributed by atoms with Crippen LogP contribution in [-0.2, 0) is 0 Å². The monoisotopic (exact) mass is 1440 g/mol. The molecule has 114 heavy (non-hydrogen) atoms. The van der Waals surface area contributed by atoms with Crippen molar-refractivity contribution in [2.75, 3.05) is 0 Å². The molecule has 1 aliphatic carbocycles. The van der Waals surface area contributed by atoms with Crippen LogP contribution in [0.15, 0.2) is 413 Å². The van der Waals surface area contributed by atoms with E-state index in [-0.39, 0.29) is 0 Å². The van der Waals surface area contributed by atoms with Crippen molar-refractivity contribution in [1.29, 1.82) is 0 Å². The number of rotatable bonds is 8. The van der Waals surface area contributed by atoms with E-state index in [1.807, 2.05) is 0 Å². The van der Waals surface area contributed by atoms with Crippen molar-refractivity contribution in [1.82, 2.24) is 18.3 Å². The predicted octanol–water partition coefficient (Wildman–Crippen LogP) is 29.8. The maximum Gasteiger partial charge on any atom is 0.0547 e. The lowest BCUT2D eigenvalue weighted by Crippen LogP contribution is -1.97. The maximum absolute atomic E-state index is 2.50. The number of aromatic nitrogens is 4. The van der Waals surface area contributed by atoms with Gasteiger partial charge in [0.25, 0.3) is 0 Å². The molecule has 528 valence electrons. The molecule has 4 aromatic heterocycles. The van der Waals surface area contributed by atoms with Crippen LogP contribution in [0.4, 0.5) is 0 Å². The van der Waals surface area contributed by atoms with Crippen LogP contribution >= 0.6 is 0 Å². The van der Waals surface area contributed by atoms with Gasteiger partial charge in [-0.2, -0.15) is 0 Å². The Morgan fingerprint density at radius 1 is 0.123 bits per heavy atom. The van der Waals surface area contributed by atoms with Gasteiger partial charge in [0.05, 0.1) is 55.5 Å². The quantitative estimate of drug-likeness (QED) is 0.135. The van der Waals surface area contributed by atoms with E-state index >= 15 is 0 Å². The van der Waals surface area contributed by atoms with Crippen LogP contribution < -0.4 is 0 Å². The van der Waals surface area contributed by atoms with Gasteiger partial charge in [0.15, 0.2) is 0 Å². The Balaban J connectivity index is 0.000000132. The zero-order chi connectivity index (χ0) is 74.6. The van der Waals surface area contributed by atoms with Crippen LogP contribution in [0, 0.1) is 0 Å².